The van der Waals surface area contributed by atoms with E-state index in [2.05, 4.69) is 15.5 Å². The average molecular weight is 237 g/mol. The number of nitrogens with one attached hydrogen (secondary N) is 1. The van der Waals surface area contributed by atoms with E-state index in [9.17, 15) is 10.2 Å². The topological polar surface area (TPSA) is 78.3 Å². The van der Waals surface area contributed by atoms with E-state index < -0.39 is 0 Å². The van der Waals surface area contributed by atoms with Crippen LogP contribution in [0.4, 0.5) is 5.13 Å². The molecular weight excluding hydrogens is 226 g/mol. The maximum Gasteiger partial charge on any atom is 0.205 e. The van der Waals surface area contributed by atoms with E-state index >= 15 is 0 Å². The lowest BCUT2D eigenvalue weighted by Crippen LogP contribution is -2.06. The number of phenols is 2. The second kappa shape index (κ2) is 4.36. The number of anilines is 1. The highest BCUT2D eigenvalue weighted by Crippen LogP contribution is 2.34. The summed E-state index contributed by atoms with van der Waals surface area (Å²) < 4.78 is 0. The predicted molar refractivity (Wildman–Crippen MR) is 61.7 cm³/mol. The number of nitrogens with zero attached hydrogens (tertiary/aromatic N) is 2. The van der Waals surface area contributed by atoms with Gasteiger partial charge >= 0.3 is 0 Å². The van der Waals surface area contributed by atoms with Crippen LogP contribution in [0.25, 0.3) is 0 Å². The Balaban J connectivity index is 2.24. The molecule has 0 bridgehead atoms. The molecule has 0 radical (unpaired) electrons. The van der Waals surface area contributed by atoms with Crippen LogP contribution in [0.15, 0.2) is 23.7 Å². The highest BCUT2D eigenvalue weighted by Gasteiger charge is 2.15. The molecule has 1 aromatic carbocycles. The standard InChI is InChI=1S/C10H11N3O2S/c1-6(12-10-13-11-5-16-10)9-7(14)3-2-4-8(9)15/h2-6,14-15H,1H3,(H,12,13). The van der Waals surface area contributed by atoms with Crippen LogP contribution in [-0.2, 0) is 0 Å². The minimum atomic E-state index is -0.242. The summed E-state index contributed by atoms with van der Waals surface area (Å²) in [6.07, 6.45) is 0. The summed E-state index contributed by atoms with van der Waals surface area (Å²) in [5.74, 6) is 0.119. The van der Waals surface area contributed by atoms with Gasteiger partial charge in [-0.05, 0) is 19.1 Å². The minimum absolute atomic E-state index is 0.0597. The van der Waals surface area contributed by atoms with Crippen molar-refractivity contribution in [3.05, 3.63) is 29.3 Å². The van der Waals surface area contributed by atoms with E-state index in [1.54, 1.807) is 11.6 Å². The number of hydrogen-bond donors (Lipinski definition) is 3. The second-order valence-corrected chi connectivity index (χ2v) is 4.15. The Labute approximate surface area is 96.4 Å². The Morgan fingerprint density at radius 3 is 2.56 bits per heavy atom. The van der Waals surface area contributed by atoms with Crippen molar-refractivity contribution in [1.82, 2.24) is 10.2 Å². The summed E-state index contributed by atoms with van der Waals surface area (Å²) in [5.41, 5.74) is 2.07. The van der Waals surface area contributed by atoms with Gasteiger partial charge in [-0.25, -0.2) is 0 Å². The molecule has 0 amide bonds. The van der Waals surface area contributed by atoms with Crippen molar-refractivity contribution in [3.63, 3.8) is 0 Å². The number of hydrogen-bond acceptors (Lipinski definition) is 6. The molecule has 5 nitrogen and oxygen atoms in total. The van der Waals surface area contributed by atoms with Gasteiger partial charge in [0.25, 0.3) is 0 Å². The molecular formula is C10H11N3O2S. The highest BCUT2D eigenvalue weighted by atomic mass is 32.1. The van der Waals surface area contributed by atoms with Gasteiger partial charge < -0.3 is 15.5 Å². The molecule has 0 saturated carbocycles. The molecule has 1 heterocycles. The van der Waals surface area contributed by atoms with E-state index in [4.69, 9.17) is 0 Å². The molecule has 1 unspecified atom stereocenters. The molecule has 6 heteroatoms. The maximum atomic E-state index is 9.66. The largest absolute Gasteiger partial charge is 0.507 e. The smallest absolute Gasteiger partial charge is 0.205 e. The van der Waals surface area contributed by atoms with E-state index in [-0.39, 0.29) is 17.5 Å². The van der Waals surface area contributed by atoms with Gasteiger partial charge in [0.1, 0.15) is 17.0 Å². The number of phenolic OH excluding ortho intramolecular Hbond substituents is 2. The molecule has 84 valence electrons. The van der Waals surface area contributed by atoms with E-state index in [1.807, 2.05) is 6.92 Å². The predicted octanol–water partition coefficient (Wildman–Crippen LogP) is 2.12. The first-order chi connectivity index (χ1) is 7.68. The molecule has 2 rings (SSSR count). The molecule has 16 heavy (non-hydrogen) atoms. The Hall–Kier alpha value is -1.82. The number of benzene rings is 1. The molecule has 0 aliphatic rings. The lowest BCUT2D eigenvalue weighted by Gasteiger charge is -2.15. The molecule has 0 fully saturated rings. The van der Waals surface area contributed by atoms with E-state index in [0.717, 1.165) is 0 Å². The Bertz CT molecular complexity index is 453. The van der Waals surface area contributed by atoms with Crippen molar-refractivity contribution in [2.24, 2.45) is 0 Å². The molecule has 1 aromatic heterocycles. The van der Waals surface area contributed by atoms with Gasteiger partial charge in [-0.1, -0.05) is 17.4 Å². The van der Waals surface area contributed by atoms with Crippen LogP contribution >= 0.6 is 11.3 Å². The lowest BCUT2D eigenvalue weighted by molar-refractivity contribution is 0.434. The van der Waals surface area contributed by atoms with Crippen LogP contribution in [0, 0.1) is 0 Å². The summed E-state index contributed by atoms with van der Waals surface area (Å²) in [6, 6.07) is 4.42. The minimum Gasteiger partial charge on any atom is -0.507 e. The first kappa shape index (κ1) is 10.7. The lowest BCUT2D eigenvalue weighted by atomic mass is 10.1. The molecule has 0 aliphatic heterocycles. The zero-order valence-corrected chi connectivity index (χ0v) is 9.40. The van der Waals surface area contributed by atoms with Crippen molar-refractivity contribution < 1.29 is 10.2 Å². The van der Waals surface area contributed by atoms with Crippen molar-refractivity contribution in [2.45, 2.75) is 13.0 Å². The number of aromatic nitrogens is 2. The van der Waals surface area contributed by atoms with Crippen LogP contribution in [0.5, 0.6) is 11.5 Å². The summed E-state index contributed by atoms with van der Waals surface area (Å²) in [6.45, 7) is 1.83. The monoisotopic (exact) mass is 237 g/mol. The molecule has 0 spiro atoms. The summed E-state index contributed by atoms with van der Waals surface area (Å²) in [7, 11) is 0. The quantitative estimate of drug-likeness (QED) is 0.762. The Morgan fingerprint density at radius 2 is 2.00 bits per heavy atom. The molecule has 0 aliphatic carbocycles. The highest BCUT2D eigenvalue weighted by molar-refractivity contribution is 7.13. The van der Waals surface area contributed by atoms with Crippen LogP contribution in [0.3, 0.4) is 0 Å². The van der Waals surface area contributed by atoms with Crippen molar-refractivity contribution in [1.29, 1.82) is 0 Å². The first-order valence-corrected chi connectivity index (χ1v) is 5.60. The van der Waals surface area contributed by atoms with E-state index in [1.165, 1.54) is 23.5 Å². The van der Waals surface area contributed by atoms with Crippen molar-refractivity contribution in [2.75, 3.05) is 5.32 Å². The summed E-state index contributed by atoms with van der Waals surface area (Å²) in [5, 5.41) is 30.5. The van der Waals surface area contributed by atoms with Crippen LogP contribution in [-0.4, -0.2) is 20.4 Å². The van der Waals surface area contributed by atoms with E-state index in [0.29, 0.717) is 10.7 Å². The van der Waals surface area contributed by atoms with Crippen LogP contribution in [0.1, 0.15) is 18.5 Å². The third-order valence-electron chi connectivity index (χ3n) is 2.19. The van der Waals surface area contributed by atoms with Gasteiger partial charge in [0.15, 0.2) is 0 Å². The van der Waals surface area contributed by atoms with Crippen LogP contribution < -0.4 is 5.32 Å². The number of aromatic hydroxyl groups is 2. The van der Waals surface area contributed by atoms with Crippen LogP contribution in [0.2, 0.25) is 0 Å². The third kappa shape index (κ3) is 2.06. The normalized spacial score (nSPS) is 12.3. The molecule has 3 N–H and O–H groups in total. The zero-order valence-electron chi connectivity index (χ0n) is 8.58. The second-order valence-electron chi connectivity index (χ2n) is 3.32. The van der Waals surface area contributed by atoms with Gasteiger partial charge in [-0.15, -0.1) is 10.2 Å². The number of rotatable bonds is 3. The summed E-state index contributed by atoms with van der Waals surface area (Å²) >= 11 is 1.36. The molecule has 0 saturated heterocycles. The average Bonchev–Trinajstić information content (AvgIpc) is 2.70. The van der Waals surface area contributed by atoms with Gasteiger partial charge in [-0.2, -0.15) is 0 Å². The third-order valence-corrected chi connectivity index (χ3v) is 2.82. The van der Waals surface area contributed by atoms with Gasteiger partial charge in [0.2, 0.25) is 5.13 Å². The fourth-order valence-corrected chi connectivity index (χ4v) is 2.01. The van der Waals surface area contributed by atoms with Crippen molar-refractivity contribution >= 4 is 16.5 Å². The summed E-state index contributed by atoms with van der Waals surface area (Å²) in [4.78, 5) is 0. The van der Waals surface area contributed by atoms with Crippen molar-refractivity contribution in [3.8, 4) is 11.5 Å². The van der Waals surface area contributed by atoms with Gasteiger partial charge in [0, 0.05) is 0 Å². The van der Waals surface area contributed by atoms with Gasteiger partial charge in [0.05, 0.1) is 11.6 Å². The van der Waals surface area contributed by atoms with Gasteiger partial charge in [-0.3, -0.25) is 0 Å². The molecule has 1 atom stereocenters. The Kier molecular flexibility index (Phi) is 2.91. The fraction of sp³-hybridized carbons (Fsp3) is 0.200. The fourth-order valence-electron chi connectivity index (χ4n) is 1.48. The SMILES string of the molecule is CC(Nc1nncs1)c1c(O)cccc1O. The maximum absolute atomic E-state index is 9.66. The Morgan fingerprint density at radius 1 is 1.31 bits per heavy atom. The zero-order chi connectivity index (χ0) is 11.5. The molecule has 2 aromatic rings. The first-order valence-electron chi connectivity index (χ1n) is 4.72.